The van der Waals surface area contributed by atoms with Crippen molar-refractivity contribution < 1.29 is 19.8 Å². The van der Waals surface area contributed by atoms with Crippen LogP contribution in [0.1, 0.15) is 16.2 Å². The lowest BCUT2D eigenvalue weighted by Gasteiger charge is -2.02. The van der Waals surface area contributed by atoms with Crippen LogP contribution in [0.3, 0.4) is 0 Å². The zero-order chi connectivity index (χ0) is 18.4. The first-order valence-electron chi connectivity index (χ1n) is 7.19. The van der Waals surface area contributed by atoms with E-state index in [1.165, 1.54) is 12.4 Å². The summed E-state index contributed by atoms with van der Waals surface area (Å²) < 4.78 is 0. The first-order valence-corrected chi connectivity index (χ1v) is 7.19. The van der Waals surface area contributed by atoms with Gasteiger partial charge in [-0.15, -0.1) is 0 Å². The van der Waals surface area contributed by atoms with Crippen LogP contribution in [0.15, 0.2) is 47.7 Å². The molecule has 0 fully saturated rings. The summed E-state index contributed by atoms with van der Waals surface area (Å²) in [5, 5.41) is 18.3. The predicted molar refractivity (Wildman–Crippen MR) is 89.4 cm³/mol. The highest BCUT2D eigenvalue weighted by atomic mass is 16.4. The number of benzene rings is 1. The Labute approximate surface area is 141 Å². The summed E-state index contributed by atoms with van der Waals surface area (Å²) in [6, 6.07) is 7.44. The minimum Gasteiger partial charge on any atom is -0.480 e. The van der Waals surface area contributed by atoms with E-state index in [4.69, 9.17) is 15.9 Å². The third-order valence-corrected chi connectivity index (χ3v) is 3.30. The molecule has 9 heteroatoms. The number of aromatic carboxylic acids is 1. The standard InChI is InChI=1S/C10H7NO3.C6H9N3O2/c12-9-7-4-2-1-3-6(7)5-8(11-9)10(13)14;7-5(6(10)11)1-4-2-8-3-9-4/h1-5H,(H,11,12)(H,13,14);2-3,5H,1,7H2,(H,8,9)(H,10,11). The summed E-state index contributed by atoms with van der Waals surface area (Å²) in [5.41, 5.74) is 5.53. The Morgan fingerprint density at radius 1 is 1.24 bits per heavy atom. The summed E-state index contributed by atoms with van der Waals surface area (Å²) >= 11 is 0. The Balaban J connectivity index is 0.000000186. The van der Waals surface area contributed by atoms with E-state index in [9.17, 15) is 14.4 Å². The van der Waals surface area contributed by atoms with Gasteiger partial charge in [0.2, 0.25) is 0 Å². The van der Waals surface area contributed by atoms with Crippen LogP contribution in [0.4, 0.5) is 0 Å². The number of nitrogens with two attached hydrogens (primary N) is 1. The molecule has 2 heterocycles. The molecule has 0 saturated carbocycles. The number of hydrogen-bond donors (Lipinski definition) is 5. The molecule has 0 radical (unpaired) electrons. The molecule has 6 N–H and O–H groups in total. The topological polar surface area (TPSA) is 162 Å². The second-order valence-electron chi connectivity index (χ2n) is 5.13. The van der Waals surface area contributed by atoms with Crippen LogP contribution in [0.2, 0.25) is 0 Å². The van der Waals surface area contributed by atoms with Crippen molar-refractivity contribution in [2.75, 3.05) is 0 Å². The number of aromatic amines is 2. The van der Waals surface area contributed by atoms with E-state index < -0.39 is 18.0 Å². The summed E-state index contributed by atoms with van der Waals surface area (Å²) in [6.45, 7) is 0. The Morgan fingerprint density at radius 2 is 1.96 bits per heavy atom. The normalized spacial score (nSPS) is 11.4. The molecule has 0 bridgehead atoms. The molecule has 0 saturated heterocycles. The fourth-order valence-electron chi connectivity index (χ4n) is 2.05. The van der Waals surface area contributed by atoms with E-state index in [1.54, 1.807) is 30.5 Å². The number of carboxylic acids is 2. The van der Waals surface area contributed by atoms with Gasteiger partial charge in [0, 0.05) is 23.7 Å². The Kier molecular flexibility index (Phi) is 5.64. The molecular weight excluding hydrogens is 328 g/mol. The molecule has 25 heavy (non-hydrogen) atoms. The van der Waals surface area contributed by atoms with Crippen molar-refractivity contribution in [1.82, 2.24) is 15.0 Å². The molecule has 1 atom stereocenters. The summed E-state index contributed by atoms with van der Waals surface area (Å²) in [7, 11) is 0. The Bertz CT molecular complexity index is 933. The third kappa shape index (κ3) is 4.75. The molecule has 0 spiro atoms. The van der Waals surface area contributed by atoms with Crippen LogP contribution in [0, 0.1) is 0 Å². The van der Waals surface area contributed by atoms with E-state index in [1.807, 2.05) is 0 Å². The number of aliphatic carboxylic acids is 1. The number of nitrogens with one attached hydrogen (secondary N) is 2. The molecule has 130 valence electrons. The first-order chi connectivity index (χ1) is 11.9. The number of pyridine rings is 1. The van der Waals surface area contributed by atoms with Crippen molar-refractivity contribution in [2.45, 2.75) is 12.5 Å². The number of carbonyl (C=O) groups is 2. The second-order valence-corrected chi connectivity index (χ2v) is 5.13. The number of nitrogens with zero attached hydrogens (tertiary/aromatic N) is 1. The minimum absolute atomic E-state index is 0.0892. The van der Waals surface area contributed by atoms with E-state index >= 15 is 0 Å². The van der Waals surface area contributed by atoms with E-state index in [2.05, 4.69) is 15.0 Å². The molecule has 0 aliphatic heterocycles. The van der Waals surface area contributed by atoms with Gasteiger partial charge in [-0.05, 0) is 17.5 Å². The van der Waals surface area contributed by atoms with E-state index in [0.29, 0.717) is 10.8 Å². The largest absolute Gasteiger partial charge is 0.480 e. The van der Waals surface area contributed by atoms with Gasteiger partial charge in [-0.1, -0.05) is 18.2 Å². The lowest BCUT2D eigenvalue weighted by atomic mass is 10.1. The van der Waals surface area contributed by atoms with Gasteiger partial charge >= 0.3 is 11.9 Å². The van der Waals surface area contributed by atoms with E-state index in [0.717, 1.165) is 5.69 Å². The molecule has 0 aliphatic rings. The molecular formula is C16H16N4O5. The molecule has 1 unspecified atom stereocenters. The Hall–Kier alpha value is -3.46. The number of imidazole rings is 1. The highest BCUT2D eigenvalue weighted by Gasteiger charge is 2.12. The van der Waals surface area contributed by atoms with Crippen molar-refractivity contribution in [1.29, 1.82) is 0 Å². The van der Waals surface area contributed by atoms with Crippen molar-refractivity contribution in [3.05, 3.63) is 64.6 Å². The van der Waals surface area contributed by atoms with E-state index in [-0.39, 0.29) is 17.7 Å². The average molecular weight is 344 g/mol. The predicted octanol–water partition coefficient (Wildman–Crippen LogP) is 0.590. The van der Waals surface area contributed by atoms with Crippen LogP contribution in [-0.2, 0) is 11.2 Å². The molecule has 0 aliphatic carbocycles. The third-order valence-electron chi connectivity index (χ3n) is 3.30. The number of hydrogen-bond acceptors (Lipinski definition) is 5. The molecule has 0 amide bonds. The smallest absolute Gasteiger partial charge is 0.352 e. The highest BCUT2D eigenvalue weighted by molar-refractivity contribution is 5.91. The number of H-pyrrole nitrogens is 2. The minimum atomic E-state index is -1.13. The SMILES string of the molecule is NC(Cc1cnc[nH]1)C(=O)O.O=C(O)c1cc2ccccc2c(=O)[nH]1. The number of aromatic nitrogens is 3. The zero-order valence-corrected chi connectivity index (χ0v) is 13.0. The summed E-state index contributed by atoms with van der Waals surface area (Å²) in [6.07, 6.45) is 3.34. The molecule has 3 aromatic rings. The number of carboxylic acid groups (broad SMARTS) is 2. The van der Waals surface area contributed by atoms with Crippen LogP contribution in [0.5, 0.6) is 0 Å². The fourth-order valence-corrected chi connectivity index (χ4v) is 2.05. The molecule has 9 nitrogen and oxygen atoms in total. The van der Waals surface area contributed by atoms with Gasteiger partial charge in [0.15, 0.2) is 0 Å². The maximum Gasteiger partial charge on any atom is 0.352 e. The van der Waals surface area contributed by atoms with Crippen LogP contribution in [0.25, 0.3) is 10.8 Å². The van der Waals surface area contributed by atoms with Crippen molar-refractivity contribution in [3.8, 4) is 0 Å². The van der Waals surface area contributed by atoms with Gasteiger partial charge in [-0.2, -0.15) is 0 Å². The van der Waals surface area contributed by atoms with Gasteiger partial charge in [0.05, 0.1) is 6.33 Å². The maximum absolute atomic E-state index is 11.4. The molecule has 1 aromatic carbocycles. The van der Waals surface area contributed by atoms with Crippen molar-refractivity contribution >= 4 is 22.7 Å². The number of rotatable bonds is 4. The fraction of sp³-hybridized carbons (Fsp3) is 0.125. The monoisotopic (exact) mass is 344 g/mol. The second kappa shape index (κ2) is 7.88. The summed E-state index contributed by atoms with van der Waals surface area (Å²) in [5.74, 6) is -2.13. The van der Waals surface area contributed by atoms with Gasteiger partial charge in [-0.3, -0.25) is 9.59 Å². The molecule has 2 aromatic heterocycles. The lowest BCUT2D eigenvalue weighted by molar-refractivity contribution is -0.138. The quantitative estimate of drug-likeness (QED) is 0.462. The van der Waals surface area contributed by atoms with Crippen LogP contribution in [-0.4, -0.2) is 43.1 Å². The Morgan fingerprint density at radius 3 is 2.56 bits per heavy atom. The van der Waals surface area contributed by atoms with Gasteiger partial charge in [0.25, 0.3) is 5.56 Å². The molecule has 3 rings (SSSR count). The summed E-state index contributed by atoms with van der Waals surface area (Å²) in [4.78, 5) is 41.1. The highest BCUT2D eigenvalue weighted by Crippen LogP contribution is 2.09. The van der Waals surface area contributed by atoms with Gasteiger partial charge < -0.3 is 25.9 Å². The average Bonchev–Trinajstić information content (AvgIpc) is 3.08. The van der Waals surface area contributed by atoms with Crippen molar-refractivity contribution in [2.24, 2.45) is 5.73 Å². The zero-order valence-electron chi connectivity index (χ0n) is 13.0. The maximum atomic E-state index is 11.4. The van der Waals surface area contributed by atoms with Crippen LogP contribution < -0.4 is 11.3 Å². The first kappa shape index (κ1) is 17.9. The van der Waals surface area contributed by atoms with Crippen LogP contribution >= 0.6 is 0 Å². The van der Waals surface area contributed by atoms with Gasteiger partial charge in [0.1, 0.15) is 11.7 Å². The van der Waals surface area contributed by atoms with Crippen molar-refractivity contribution in [3.63, 3.8) is 0 Å². The number of fused-ring (bicyclic) bond motifs is 1. The lowest BCUT2D eigenvalue weighted by Crippen LogP contribution is -2.32. The van der Waals surface area contributed by atoms with Gasteiger partial charge in [-0.25, -0.2) is 9.78 Å².